The summed E-state index contributed by atoms with van der Waals surface area (Å²) in [6, 6.07) is 0.566. The van der Waals surface area contributed by atoms with Gasteiger partial charge in [-0.2, -0.15) is 0 Å². The molecular weight excluding hydrogens is 186 g/mol. The molecule has 2 rings (SSSR count). The predicted molar refractivity (Wildman–Crippen MR) is 61.7 cm³/mol. The maximum absolute atomic E-state index is 11.1. The van der Waals surface area contributed by atoms with Gasteiger partial charge in [-0.15, -0.1) is 0 Å². The van der Waals surface area contributed by atoms with Crippen LogP contribution in [0.25, 0.3) is 0 Å². The van der Waals surface area contributed by atoms with Crippen molar-refractivity contribution in [1.29, 1.82) is 0 Å². The lowest BCUT2D eigenvalue weighted by Gasteiger charge is -2.32. The van der Waals surface area contributed by atoms with Crippen molar-refractivity contribution < 1.29 is 4.79 Å². The second kappa shape index (κ2) is 4.93. The van der Waals surface area contributed by atoms with Crippen molar-refractivity contribution in [2.75, 3.05) is 6.54 Å². The molecule has 84 valence electrons. The predicted octanol–water partition coefficient (Wildman–Crippen LogP) is 2.44. The first-order chi connectivity index (χ1) is 7.29. The minimum atomic E-state index is 0.404. The number of piperidine rings is 1. The maximum atomic E-state index is 11.1. The first-order valence-corrected chi connectivity index (χ1v) is 6.23. The zero-order valence-corrected chi connectivity index (χ0v) is 9.59. The summed E-state index contributed by atoms with van der Waals surface area (Å²) in [5.74, 6) is 1.29. The first kappa shape index (κ1) is 10.9. The molecule has 15 heavy (non-hydrogen) atoms. The largest absolute Gasteiger partial charge is 0.310 e. The molecule has 2 aliphatic rings. The van der Waals surface area contributed by atoms with E-state index in [2.05, 4.69) is 18.3 Å². The minimum absolute atomic E-state index is 0.404. The molecule has 2 atom stereocenters. The van der Waals surface area contributed by atoms with E-state index in [4.69, 9.17) is 0 Å². The number of ketones is 1. The summed E-state index contributed by atoms with van der Waals surface area (Å²) in [7, 11) is 0. The van der Waals surface area contributed by atoms with Crippen molar-refractivity contribution in [2.45, 2.75) is 51.5 Å². The van der Waals surface area contributed by atoms with Gasteiger partial charge in [0, 0.05) is 18.9 Å². The van der Waals surface area contributed by atoms with Crippen LogP contribution in [0.2, 0.25) is 0 Å². The fourth-order valence-electron chi connectivity index (χ4n) is 2.70. The fourth-order valence-corrected chi connectivity index (χ4v) is 2.70. The molecule has 1 aliphatic heterocycles. The van der Waals surface area contributed by atoms with E-state index in [0.29, 0.717) is 18.2 Å². The van der Waals surface area contributed by atoms with Gasteiger partial charge in [0.25, 0.3) is 0 Å². The Morgan fingerprint density at radius 2 is 2.33 bits per heavy atom. The molecule has 0 spiro atoms. The van der Waals surface area contributed by atoms with Gasteiger partial charge in [0.1, 0.15) is 5.78 Å². The lowest BCUT2D eigenvalue weighted by molar-refractivity contribution is -0.118. The smallest absolute Gasteiger partial charge is 0.136 e. The fraction of sp³-hybridized carbons (Fsp3) is 0.769. The molecule has 2 heteroatoms. The van der Waals surface area contributed by atoms with Crippen LogP contribution in [-0.2, 0) is 4.79 Å². The number of carbonyl (C=O) groups is 1. The lowest BCUT2D eigenvalue weighted by Crippen LogP contribution is -2.39. The number of allylic oxidation sites excluding steroid dienone is 1. The Hall–Kier alpha value is -0.630. The van der Waals surface area contributed by atoms with E-state index in [9.17, 15) is 4.79 Å². The zero-order valence-electron chi connectivity index (χ0n) is 9.59. The van der Waals surface area contributed by atoms with Crippen LogP contribution in [0.15, 0.2) is 11.6 Å². The highest BCUT2D eigenvalue weighted by Gasteiger charge is 2.24. The number of hydrogen-bond donors (Lipinski definition) is 1. The van der Waals surface area contributed by atoms with Crippen LogP contribution >= 0.6 is 0 Å². The molecule has 0 aromatic heterocycles. The highest BCUT2D eigenvalue weighted by Crippen LogP contribution is 2.27. The van der Waals surface area contributed by atoms with Crippen molar-refractivity contribution in [1.82, 2.24) is 5.32 Å². The second-order valence-electron chi connectivity index (χ2n) is 4.83. The summed E-state index contributed by atoms with van der Waals surface area (Å²) in [6.45, 7) is 3.43. The zero-order chi connectivity index (χ0) is 10.7. The van der Waals surface area contributed by atoms with Gasteiger partial charge in [0.15, 0.2) is 0 Å². The van der Waals surface area contributed by atoms with Gasteiger partial charge in [0.05, 0.1) is 0 Å². The molecule has 2 nitrogen and oxygen atoms in total. The molecule has 0 aromatic carbocycles. The summed E-state index contributed by atoms with van der Waals surface area (Å²) in [5.41, 5.74) is 1.49. The average Bonchev–Trinajstić information content (AvgIpc) is 2.30. The van der Waals surface area contributed by atoms with Gasteiger partial charge in [0.2, 0.25) is 0 Å². The van der Waals surface area contributed by atoms with E-state index in [1.54, 1.807) is 0 Å². The molecule has 1 fully saturated rings. The standard InChI is InChI=1S/C13H21NO/c1-2-10-7-8-14-13(9-10)11-3-5-12(15)6-4-11/h3,10,13-14H,2,4-9H2,1H3. The number of carbonyl (C=O) groups excluding carboxylic acids is 1. The van der Waals surface area contributed by atoms with Crippen LogP contribution in [0.5, 0.6) is 0 Å². The quantitative estimate of drug-likeness (QED) is 0.705. The second-order valence-corrected chi connectivity index (χ2v) is 4.83. The third kappa shape index (κ3) is 2.69. The molecule has 1 N–H and O–H groups in total. The van der Waals surface area contributed by atoms with E-state index in [-0.39, 0.29) is 0 Å². The van der Waals surface area contributed by atoms with Crippen molar-refractivity contribution in [2.24, 2.45) is 5.92 Å². The molecular formula is C13H21NO. The summed E-state index contributed by atoms with van der Waals surface area (Å²) in [5, 5.41) is 3.59. The van der Waals surface area contributed by atoms with Gasteiger partial charge in [-0.1, -0.05) is 25.0 Å². The maximum Gasteiger partial charge on any atom is 0.136 e. The third-order valence-electron chi connectivity index (χ3n) is 3.82. The van der Waals surface area contributed by atoms with Crippen LogP contribution in [-0.4, -0.2) is 18.4 Å². The summed E-state index contributed by atoms with van der Waals surface area (Å²) < 4.78 is 0. The molecule has 0 aromatic rings. The monoisotopic (exact) mass is 207 g/mol. The SMILES string of the molecule is CCC1CCNC(C2=CCC(=O)CC2)C1. The van der Waals surface area contributed by atoms with E-state index in [1.807, 2.05) is 0 Å². The summed E-state index contributed by atoms with van der Waals surface area (Å²) in [4.78, 5) is 11.1. The summed E-state index contributed by atoms with van der Waals surface area (Å²) in [6.07, 6.45) is 8.49. The van der Waals surface area contributed by atoms with Crippen LogP contribution in [0.1, 0.15) is 45.4 Å². The minimum Gasteiger partial charge on any atom is -0.310 e. The molecule has 2 unspecified atom stereocenters. The molecule has 0 radical (unpaired) electrons. The van der Waals surface area contributed by atoms with Crippen LogP contribution in [0.3, 0.4) is 0 Å². The van der Waals surface area contributed by atoms with Gasteiger partial charge in [-0.25, -0.2) is 0 Å². The Kier molecular flexibility index (Phi) is 3.57. The Balaban J connectivity index is 1.95. The third-order valence-corrected chi connectivity index (χ3v) is 3.82. The van der Waals surface area contributed by atoms with Crippen LogP contribution in [0, 0.1) is 5.92 Å². The van der Waals surface area contributed by atoms with Gasteiger partial charge in [-0.3, -0.25) is 4.79 Å². The van der Waals surface area contributed by atoms with Gasteiger partial charge in [-0.05, 0) is 31.7 Å². The van der Waals surface area contributed by atoms with E-state index in [1.165, 1.54) is 24.8 Å². The van der Waals surface area contributed by atoms with Crippen molar-refractivity contribution in [3.63, 3.8) is 0 Å². The number of nitrogens with one attached hydrogen (secondary N) is 1. The van der Waals surface area contributed by atoms with Crippen LogP contribution in [0.4, 0.5) is 0 Å². The Morgan fingerprint density at radius 1 is 1.47 bits per heavy atom. The Morgan fingerprint density at radius 3 is 3.00 bits per heavy atom. The normalized spacial score (nSPS) is 32.6. The topological polar surface area (TPSA) is 29.1 Å². The van der Waals surface area contributed by atoms with Crippen molar-refractivity contribution >= 4 is 5.78 Å². The first-order valence-electron chi connectivity index (χ1n) is 6.23. The van der Waals surface area contributed by atoms with Crippen molar-refractivity contribution in [3.05, 3.63) is 11.6 Å². The van der Waals surface area contributed by atoms with Crippen LogP contribution < -0.4 is 5.32 Å². The van der Waals surface area contributed by atoms with E-state index < -0.39 is 0 Å². The number of rotatable bonds is 2. The average molecular weight is 207 g/mol. The van der Waals surface area contributed by atoms with E-state index in [0.717, 1.165) is 25.3 Å². The molecule has 0 bridgehead atoms. The van der Waals surface area contributed by atoms with Gasteiger partial charge < -0.3 is 5.32 Å². The molecule has 1 heterocycles. The van der Waals surface area contributed by atoms with Gasteiger partial charge >= 0.3 is 0 Å². The Labute approximate surface area is 92.1 Å². The van der Waals surface area contributed by atoms with E-state index >= 15 is 0 Å². The molecule has 0 saturated carbocycles. The Bertz CT molecular complexity index is 270. The number of Topliss-reactive ketones (excluding diaryl/α,β-unsaturated/α-hetero) is 1. The molecule has 0 amide bonds. The highest BCUT2D eigenvalue weighted by molar-refractivity contribution is 5.81. The lowest BCUT2D eigenvalue weighted by atomic mass is 9.83. The number of hydrogen-bond acceptors (Lipinski definition) is 2. The highest BCUT2D eigenvalue weighted by atomic mass is 16.1. The molecule has 1 saturated heterocycles. The molecule has 1 aliphatic carbocycles. The summed E-state index contributed by atoms with van der Waals surface area (Å²) >= 11 is 0. The van der Waals surface area contributed by atoms with Crippen molar-refractivity contribution in [3.8, 4) is 0 Å².